The van der Waals surface area contributed by atoms with E-state index in [1.807, 2.05) is 0 Å². The molecule has 0 spiro atoms. The Morgan fingerprint density at radius 3 is 2.69 bits per heavy atom. The summed E-state index contributed by atoms with van der Waals surface area (Å²) in [5.41, 5.74) is 0. The van der Waals surface area contributed by atoms with Gasteiger partial charge in [-0.1, -0.05) is 13.8 Å². The van der Waals surface area contributed by atoms with Gasteiger partial charge in [-0.25, -0.2) is 0 Å². The highest BCUT2D eigenvalue weighted by molar-refractivity contribution is 7.99. The van der Waals surface area contributed by atoms with Crippen molar-refractivity contribution in [2.45, 2.75) is 20.3 Å². The van der Waals surface area contributed by atoms with Crippen molar-refractivity contribution >= 4 is 17.7 Å². The number of rotatable bonds is 8. The molecule has 0 aromatic rings. The number of aliphatic carboxylic acids is 1. The van der Waals surface area contributed by atoms with Crippen molar-refractivity contribution < 1.29 is 14.6 Å². The average Bonchev–Trinajstić information content (AvgIpc) is 2.01. The molecule has 0 rings (SSSR count). The van der Waals surface area contributed by atoms with Crippen molar-refractivity contribution in [2.75, 3.05) is 24.7 Å². The van der Waals surface area contributed by atoms with E-state index in [1.54, 1.807) is 0 Å². The van der Waals surface area contributed by atoms with Gasteiger partial charge in [0.2, 0.25) is 0 Å². The van der Waals surface area contributed by atoms with Gasteiger partial charge in [0, 0.05) is 12.4 Å². The van der Waals surface area contributed by atoms with E-state index in [1.165, 1.54) is 11.8 Å². The van der Waals surface area contributed by atoms with Crippen LogP contribution >= 0.6 is 11.8 Å². The molecule has 0 aliphatic rings. The average molecular weight is 206 g/mol. The summed E-state index contributed by atoms with van der Waals surface area (Å²) in [5.74, 6) is 0.858. The molecule has 0 heterocycles. The number of carboxylic acid groups (broad SMARTS) is 1. The molecule has 0 atom stereocenters. The topological polar surface area (TPSA) is 46.5 Å². The van der Waals surface area contributed by atoms with Crippen LogP contribution in [0.2, 0.25) is 0 Å². The first-order chi connectivity index (χ1) is 6.13. The predicted molar refractivity (Wildman–Crippen MR) is 55.2 cm³/mol. The van der Waals surface area contributed by atoms with Crippen LogP contribution in [-0.2, 0) is 9.53 Å². The summed E-state index contributed by atoms with van der Waals surface area (Å²) >= 11 is 1.40. The van der Waals surface area contributed by atoms with Crippen molar-refractivity contribution in [3.8, 4) is 0 Å². The fourth-order valence-corrected chi connectivity index (χ4v) is 1.25. The van der Waals surface area contributed by atoms with Crippen LogP contribution in [0.3, 0.4) is 0 Å². The molecular formula is C9H18O3S. The fourth-order valence-electron chi connectivity index (χ4n) is 0.698. The van der Waals surface area contributed by atoms with E-state index < -0.39 is 5.97 Å². The van der Waals surface area contributed by atoms with Gasteiger partial charge in [0.1, 0.15) is 0 Å². The molecule has 1 N–H and O–H groups in total. The van der Waals surface area contributed by atoms with Crippen LogP contribution in [0.4, 0.5) is 0 Å². The first kappa shape index (κ1) is 12.8. The van der Waals surface area contributed by atoms with Crippen LogP contribution in [0.5, 0.6) is 0 Å². The summed E-state index contributed by atoms with van der Waals surface area (Å²) in [4.78, 5) is 10.1. The number of thioether (sulfide) groups is 1. The van der Waals surface area contributed by atoms with Crippen LogP contribution < -0.4 is 0 Å². The lowest BCUT2D eigenvalue weighted by atomic mass is 10.1. The van der Waals surface area contributed by atoms with Crippen molar-refractivity contribution in [3.63, 3.8) is 0 Å². The molecule has 0 radical (unpaired) electrons. The zero-order valence-electron chi connectivity index (χ0n) is 8.28. The third-order valence-corrected chi connectivity index (χ3v) is 2.34. The van der Waals surface area contributed by atoms with E-state index in [0.717, 1.165) is 18.8 Å². The van der Waals surface area contributed by atoms with E-state index in [9.17, 15) is 4.79 Å². The van der Waals surface area contributed by atoms with E-state index in [0.29, 0.717) is 12.5 Å². The standard InChI is InChI=1S/C9H18O3S/c1-8(2)3-4-12-5-6-13-7-9(10)11/h8H,3-7H2,1-2H3,(H,10,11). The van der Waals surface area contributed by atoms with Crippen molar-refractivity contribution in [2.24, 2.45) is 5.92 Å². The highest BCUT2D eigenvalue weighted by Crippen LogP contribution is 2.01. The van der Waals surface area contributed by atoms with E-state index in [4.69, 9.17) is 9.84 Å². The number of ether oxygens (including phenoxy) is 1. The minimum atomic E-state index is -0.757. The molecule has 13 heavy (non-hydrogen) atoms. The largest absolute Gasteiger partial charge is 0.481 e. The predicted octanol–water partition coefficient (Wildman–Crippen LogP) is 1.87. The number of carbonyl (C=O) groups is 1. The summed E-state index contributed by atoms with van der Waals surface area (Å²) in [6.07, 6.45) is 1.07. The second-order valence-corrected chi connectivity index (χ2v) is 4.35. The lowest BCUT2D eigenvalue weighted by Crippen LogP contribution is -2.04. The van der Waals surface area contributed by atoms with Crippen molar-refractivity contribution in [1.29, 1.82) is 0 Å². The summed E-state index contributed by atoms with van der Waals surface area (Å²) in [5, 5.41) is 8.33. The Balaban J connectivity index is 2.96. The van der Waals surface area contributed by atoms with Gasteiger partial charge in [-0.15, -0.1) is 11.8 Å². The minimum absolute atomic E-state index is 0.174. The smallest absolute Gasteiger partial charge is 0.313 e. The molecular weight excluding hydrogens is 188 g/mol. The van der Waals surface area contributed by atoms with Crippen molar-refractivity contribution in [3.05, 3.63) is 0 Å². The maximum Gasteiger partial charge on any atom is 0.313 e. The van der Waals surface area contributed by atoms with Crippen LogP contribution in [0.25, 0.3) is 0 Å². The van der Waals surface area contributed by atoms with Gasteiger partial charge >= 0.3 is 5.97 Å². The summed E-state index contributed by atoms with van der Waals surface area (Å²) < 4.78 is 5.31. The maximum atomic E-state index is 10.1. The highest BCUT2D eigenvalue weighted by atomic mass is 32.2. The van der Waals surface area contributed by atoms with Crippen molar-refractivity contribution in [1.82, 2.24) is 0 Å². The lowest BCUT2D eigenvalue weighted by Gasteiger charge is -2.05. The Hall–Kier alpha value is -0.220. The number of hydrogen-bond acceptors (Lipinski definition) is 3. The molecule has 0 bridgehead atoms. The Bertz CT molecular complexity index is 137. The fraction of sp³-hybridized carbons (Fsp3) is 0.889. The third kappa shape index (κ3) is 11.8. The Morgan fingerprint density at radius 2 is 2.15 bits per heavy atom. The molecule has 0 fully saturated rings. The summed E-state index contributed by atoms with van der Waals surface area (Å²) in [7, 11) is 0. The minimum Gasteiger partial charge on any atom is -0.481 e. The molecule has 0 unspecified atom stereocenters. The zero-order chi connectivity index (χ0) is 10.1. The molecule has 0 aliphatic heterocycles. The van der Waals surface area contributed by atoms with Crippen LogP contribution in [-0.4, -0.2) is 35.8 Å². The molecule has 78 valence electrons. The second kappa shape index (κ2) is 8.38. The van der Waals surface area contributed by atoms with Gasteiger partial charge < -0.3 is 9.84 Å². The third-order valence-electron chi connectivity index (χ3n) is 1.44. The molecule has 0 saturated carbocycles. The quantitative estimate of drug-likeness (QED) is 0.616. The first-order valence-corrected chi connectivity index (χ1v) is 5.65. The summed E-state index contributed by atoms with van der Waals surface area (Å²) in [6.45, 7) is 5.75. The zero-order valence-corrected chi connectivity index (χ0v) is 9.10. The van der Waals surface area contributed by atoms with Gasteiger partial charge in [-0.05, 0) is 12.3 Å². The monoisotopic (exact) mass is 206 g/mol. The van der Waals surface area contributed by atoms with E-state index >= 15 is 0 Å². The first-order valence-electron chi connectivity index (χ1n) is 4.50. The molecule has 3 nitrogen and oxygen atoms in total. The molecule has 0 saturated heterocycles. The normalized spacial score (nSPS) is 10.7. The Labute approximate surface area is 83.9 Å². The van der Waals surface area contributed by atoms with E-state index in [-0.39, 0.29) is 5.75 Å². The van der Waals surface area contributed by atoms with Gasteiger partial charge in [-0.3, -0.25) is 4.79 Å². The molecule has 0 aliphatic carbocycles. The Morgan fingerprint density at radius 1 is 1.46 bits per heavy atom. The maximum absolute atomic E-state index is 10.1. The number of carboxylic acids is 1. The number of hydrogen-bond donors (Lipinski definition) is 1. The van der Waals surface area contributed by atoms with Crippen LogP contribution in [0.1, 0.15) is 20.3 Å². The highest BCUT2D eigenvalue weighted by Gasteiger charge is 1.97. The molecule has 4 heteroatoms. The van der Waals surface area contributed by atoms with Crippen LogP contribution in [0.15, 0.2) is 0 Å². The summed E-state index contributed by atoms with van der Waals surface area (Å²) in [6, 6.07) is 0. The van der Waals surface area contributed by atoms with Gasteiger partial charge in [0.05, 0.1) is 12.4 Å². The SMILES string of the molecule is CC(C)CCOCCSCC(=O)O. The van der Waals surface area contributed by atoms with Gasteiger partial charge in [0.25, 0.3) is 0 Å². The molecule has 0 aromatic heterocycles. The molecule has 0 amide bonds. The van der Waals surface area contributed by atoms with Gasteiger partial charge in [-0.2, -0.15) is 0 Å². The van der Waals surface area contributed by atoms with Gasteiger partial charge in [0.15, 0.2) is 0 Å². The Kier molecular flexibility index (Phi) is 8.24. The molecule has 0 aromatic carbocycles. The van der Waals surface area contributed by atoms with Crippen LogP contribution in [0, 0.1) is 5.92 Å². The second-order valence-electron chi connectivity index (χ2n) is 3.24. The van der Waals surface area contributed by atoms with E-state index in [2.05, 4.69) is 13.8 Å². The lowest BCUT2D eigenvalue weighted by molar-refractivity contribution is -0.133.